The lowest BCUT2D eigenvalue weighted by Gasteiger charge is -2.22. The van der Waals surface area contributed by atoms with Crippen molar-refractivity contribution in [3.05, 3.63) is 47.4 Å². The molecule has 0 saturated heterocycles. The summed E-state index contributed by atoms with van der Waals surface area (Å²) in [7, 11) is 0. The maximum atomic E-state index is 13.8. The third kappa shape index (κ3) is 4.46. The molecule has 2 aromatic rings. The molecule has 2 aliphatic rings. The van der Waals surface area contributed by atoms with E-state index in [-0.39, 0.29) is 22.9 Å². The first kappa shape index (κ1) is 20.3. The Kier molecular flexibility index (Phi) is 5.98. The number of anilines is 2. The number of benzene rings is 1. The molecule has 1 aromatic heterocycles. The molecule has 158 valence electrons. The largest absolute Gasteiger partial charge is 0.452 e. The van der Waals surface area contributed by atoms with Gasteiger partial charge in [0.05, 0.1) is 30.8 Å². The summed E-state index contributed by atoms with van der Waals surface area (Å²) in [4.78, 5) is 20.1. The van der Waals surface area contributed by atoms with Crippen molar-refractivity contribution >= 4 is 23.4 Å². The normalized spacial score (nSPS) is 17.4. The number of nitrogens with zero attached hydrogens (tertiary/aromatic N) is 2. The van der Waals surface area contributed by atoms with Crippen LogP contribution in [-0.2, 0) is 4.74 Å². The molecule has 1 atom stereocenters. The number of halogens is 3. The molecule has 1 unspecified atom stereocenters. The first-order chi connectivity index (χ1) is 14.6. The first-order valence-corrected chi connectivity index (χ1v) is 9.65. The summed E-state index contributed by atoms with van der Waals surface area (Å²) in [5.41, 5.74) is 2.31. The van der Waals surface area contributed by atoms with Gasteiger partial charge in [-0.25, -0.2) is 18.7 Å². The van der Waals surface area contributed by atoms with Gasteiger partial charge in [0.25, 0.3) is 6.36 Å². The number of aldehydes is 1. The molecule has 4 rings (SSSR count). The van der Waals surface area contributed by atoms with E-state index in [0.29, 0.717) is 37.4 Å². The number of alkyl halides is 3. The van der Waals surface area contributed by atoms with Gasteiger partial charge < -0.3 is 14.8 Å². The molecule has 30 heavy (non-hydrogen) atoms. The molecular weight excluding hydrogens is 399 g/mol. The minimum absolute atomic E-state index is 0.0802. The molecule has 1 aliphatic carbocycles. The molecule has 6 nitrogen and oxygen atoms in total. The summed E-state index contributed by atoms with van der Waals surface area (Å²) in [5, 5.41) is 2.90. The van der Waals surface area contributed by atoms with Crippen molar-refractivity contribution < 1.29 is 27.4 Å². The van der Waals surface area contributed by atoms with Crippen LogP contribution in [0.2, 0.25) is 0 Å². The highest BCUT2D eigenvalue weighted by molar-refractivity contribution is 5.84. The van der Waals surface area contributed by atoms with E-state index in [2.05, 4.69) is 15.3 Å². The fourth-order valence-electron chi connectivity index (χ4n) is 3.25. The van der Waals surface area contributed by atoms with Crippen LogP contribution in [0.25, 0.3) is 5.57 Å². The standard InChI is InChI=1S/C21H20F3N3O3/c22-19(23)20(24)30-18-14(12-6-8-29-9-7-12)2-1-3-15(18)27-21-17(11-28)26-16(10-25-21)13-4-5-13/h1-3,6,10-11,13,19-20H,4-5,7-9H2,(H,25,27). The highest BCUT2D eigenvalue weighted by atomic mass is 19.3. The molecule has 0 spiro atoms. The summed E-state index contributed by atoms with van der Waals surface area (Å²) in [5.74, 6) is 0.374. The third-order valence-electron chi connectivity index (χ3n) is 4.93. The lowest BCUT2D eigenvalue weighted by molar-refractivity contribution is -0.0666. The molecule has 9 heteroatoms. The van der Waals surface area contributed by atoms with Crippen molar-refractivity contribution in [1.82, 2.24) is 9.97 Å². The number of carbonyl (C=O) groups is 1. The fraction of sp³-hybridized carbons (Fsp3) is 0.381. The van der Waals surface area contributed by atoms with Gasteiger partial charge in [0.15, 0.2) is 17.9 Å². The van der Waals surface area contributed by atoms with Gasteiger partial charge in [-0.05, 0) is 30.9 Å². The van der Waals surface area contributed by atoms with E-state index in [0.717, 1.165) is 24.1 Å². The Hall–Kier alpha value is -2.94. The quantitative estimate of drug-likeness (QED) is 0.628. The smallest absolute Gasteiger partial charge is 0.304 e. The molecule has 1 saturated carbocycles. The van der Waals surface area contributed by atoms with E-state index in [1.807, 2.05) is 0 Å². The van der Waals surface area contributed by atoms with Gasteiger partial charge in [-0.1, -0.05) is 18.2 Å². The summed E-state index contributed by atoms with van der Waals surface area (Å²) < 4.78 is 49.9. The van der Waals surface area contributed by atoms with Crippen LogP contribution in [0.3, 0.4) is 0 Å². The van der Waals surface area contributed by atoms with Gasteiger partial charge in [0.1, 0.15) is 5.69 Å². The van der Waals surface area contributed by atoms with E-state index in [4.69, 9.17) is 9.47 Å². The average molecular weight is 419 g/mol. The van der Waals surface area contributed by atoms with E-state index in [1.165, 1.54) is 0 Å². The highest BCUT2D eigenvalue weighted by Gasteiger charge is 2.28. The number of aromatic nitrogens is 2. The Labute approximate surface area is 171 Å². The summed E-state index contributed by atoms with van der Waals surface area (Å²) in [6.45, 7) is 0.823. The summed E-state index contributed by atoms with van der Waals surface area (Å²) >= 11 is 0. The Bertz CT molecular complexity index is 964. The molecule has 2 heterocycles. The molecule has 1 N–H and O–H groups in total. The molecule has 1 aliphatic heterocycles. The van der Waals surface area contributed by atoms with E-state index < -0.39 is 12.8 Å². The van der Waals surface area contributed by atoms with Crippen LogP contribution >= 0.6 is 0 Å². The van der Waals surface area contributed by atoms with Crippen LogP contribution in [0.4, 0.5) is 24.7 Å². The summed E-state index contributed by atoms with van der Waals surface area (Å²) in [6, 6.07) is 4.89. The highest BCUT2D eigenvalue weighted by Crippen LogP contribution is 2.40. The van der Waals surface area contributed by atoms with Crippen molar-refractivity contribution in [1.29, 1.82) is 0 Å². The third-order valence-corrected chi connectivity index (χ3v) is 4.93. The minimum atomic E-state index is -3.31. The zero-order chi connectivity index (χ0) is 21.1. The van der Waals surface area contributed by atoms with Crippen molar-refractivity contribution in [3.8, 4) is 5.75 Å². The Morgan fingerprint density at radius 3 is 2.77 bits per heavy atom. The molecule has 0 amide bonds. The first-order valence-electron chi connectivity index (χ1n) is 9.65. The van der Waals surface area contributed by atoms with E-state index >= 15 is 0 Å². The van der Waals surface area contributed by atoms with Crippen molar-refractivity contribution in [2.24, 2.45) is 0 Å². The van der Waals surface area contributed by atoms with Gasteiger partial charge in [0, 0.05) is 11.5 Å². The molecule has 1 aromatic carbocycles. The molecular formula is C21H20F3N3O3. The Morgan fingerprint density at radius 1 is 1.27 bits per heavy atom. The van der Waals surface area contributed by atoms with Crippen molar-refractivity contribution in [2.45, 2.75) is 38.0 Å². The molecule has 0 radical (unpaired) electrons. The van der Waals surface area contributed by atoms with Gasteiger partial charge >= 0.3 is 6.43 Å². The van der Waals surface area contributed by atoms with Crippen LogP contribution < -0.4 is 10.1 Å². The average Bonchev–Trinajstić information content (AvgIpc) is 3.61. The van der Waals surface area contributed by atoms with E-state index in [9.17, 15) is 18.0 Å². The predicted octanol–water partition coefficient (Wildman–Crippen LogP) is 4.65. The number of hydrogen-bond donors (Lipinski definition) is 1. The van der Waals surface area contributed by atoms with Crippen molar-refractivity contribution in [3.63, 3.8) is 0 Å². The van der Waals surface area contributed by atoms with Crippen LogP contribution in [0.5, 0.6) is 5.75 Å². The molecule has 1 fully saturated rings. The number of para-hydroxylation sites is 1. The number of ether oxygens (including phenoxy) is 2. The number of nitrogens with one attached hydrogen (secondary N) is 1. The minimum Gasteiger partial charge on any atom is -0.452 e. The summed E-state index contributed by atoms with van der Waals surface area (Å²) in [6.07, 6.45) is 0.374. The topological polar surface area (TPSA) is 73.3 Å². The number of hydrogen-bond acceptors (Lipinski definition) is 6. The maximum absolute atomic E-state index is 13.8. The lowest BCUT2D eigenvalue weighted by atomic mass is 9.99. The second-order valence-electron chi connectivity index (χ2n) is 7.09. The SMILES string of the molecule is O=Cc1nc(C2CC2)cnc1Nc1cccc(C2=CCOCC2)c1OC(F)C(F)F. The van der Waals surface area contributed by atoms with E-state index in [1.54, 1.807) is 30.5 Å². The lowest BCUT2D eigenvalue weighted by Crippen LogP contribution is -2.21. The van der Waals surface area contributed by atoms with Crippen molar-refractivity contribution in [2.75, 3.05) is 18.5 Å². The number of carbonyl (C=O) groups excluding carboxylic acids is 1. The fourth-order valence-corrected chi connectivity index (χ4v) is 3.25. The van der Waals surface area contributed by atoms with Crippen LogP contribution in [0, 0.1) is 0 Å². The monoisotopic (exact) mass is 419 g/mol. The Morgan fingerprint density at radius 2 is 2.10 bits per heavy atom. The van der Waals surface area contributed by atoms with Gasteiger partial charge in [-0.3, -0.25) is 4.79 Å². The Balaban J connectivity index is 1.71. The van der Waals surface area contributed by atoms with Gasteiger partial charge in [0.2, 0.25) is 0 Å². The van der Waals surface area contributed by atoms with Gasteiger partial charge in [-0.15, -0.1) is 0 Å². The predicted molar refractivity (Wildman–Crippen MR) is 104 cm³/mol. The van der Waals surface area contributed by atoms with Crippen LogP contribution in [-0.4, -0.2) is 42.3 Å². The number of rotatable bonds is 8. The zero-order valence-corrected chi connectivity index (χ0v) is 16.0. The zero-order valence-electron chi connectivity index (χ0n) is 16.0. The maximum Gasteiger partial charge on any atom is 0.304 e. The van der Waals surface area contributed by atoms with Gasteiger partial charge in [-0.2, -0.15) is 4.39 Å². The second kappa shape index (κ2) is 8.83. The van der Waals surface area contributed by atoms with Crippen LogP contribution in [0.15, 0.2) is 30.5 Å². The second-order valence-corrected chi connectivity index (χ2v) is 7.09. The molecule has 0 bridgehead atoms. The van der Waals surface area contributed by atoms with Crippen LogP contribution in [0.1, 0.15) is 46.9 Å².